The van der Waals surface area contributed by atoms with Crippen LogP contribution in [0.1, 0.15) is 6.42 Å². The molecular weight excluding hydrogens is 214 g/mol. The fourth-order valence-electron chi connectivity index (χ4n) is 1.82. The lowest BCUT2D eigenvalue weighted by Crippen LogP contribution is -2.42. The lowest BCUT2D eigenvalue weighted by atomic mass is 10.3. The Morgan fingerprint density at radius 3 is 2.75 bits per heavy atom. The molecule has 2 fully saturated rings. The van der Waals surface area contributed by atoms with E-state index in [4.69, 9.17) is 0 Å². The van der Waals surface area contributed by atoms with Crippen LogP contribution < -0.4 is 5.32 Å². The van der Waals surface area contributed by atoms with E-state index in [-0.39, 0.29) is 25.5 Å². The van der Waals surface area contributed by atoms with Gasteiger partial charge in [0.05, 0.1) is 12.6 Å². The summed E-state index contributed by atoms with van der Waals surface area (Å²) >= 11 is 0. The summed E-state index contributed by atoms with van der Waals surface area (Å²) in [4.78, 5) is 36.4. The molecule has 2 aliphatic heterocycles. The highest BCUT2D eigenvalue weighted by Gasteiger charge is 2.33. The normalized spacial score (nSPS) is 25.2. The lowest BCUT2D eigenvalue weighted by molar-refractivity contribution is -0.136. The van der Waals surface area contributed by atoms with Crippen molar-refractivity contribution in [3.8, 4) is 0 Å². The molecular formula is C9H13N3O4. The number of hydrogen-bond acceptors (Lipinski definition) is 4. The first-order chi connectivity index (χ1) is 7.58. The maximum Gasteiger partial charge on any atom is 0.325 e. The lowest BCUT2D eigenvalue weighted by Gasteiger charge is -2.18. The molecule has 0 aromatic carbocycles. The van der Waals surface area contributed by atoms with Crippen molar-refractivity contribution in [3.63, 3.8) is 0 Å². The highest BCUT2D eigenvalue weighted by Crippen LogP contribution is 2.10. The molecule has 0 saturated carbocycles. The third-order valence-electron chi connectivity index (χ3n) is 2.75. The second-order valence-corrected chi connectivity index (χ2v) is 3.92. The molecule has 0 aromatic rings. The van der Waals surface area contributed by atoms with Gasteiger partial charge in [0.2, 0.25) is 5.91 Å². The Balaban J connectivity index is 1.92. The zero-order valence-electron chi connectivity index (χ0n) is 8.68. The van der Waals surface area contributed by atoms with Gasteiger partial charge in [-0.2, -0.15) is 0 Å². The Morgan fingerprint density at radius 2 is 2.25 bits per heavy atom. The van der Waals surface area contributed by atoms with Crippen LogP contribution >= 0.6 is 0 Å². The topological polar surface area (TPSA) is 90.0 Å². The van der Waals surface area contributed by atoms with Crippen molar-refractivity contribution < 1.29 is 19.5 Å². The number of aliphatic hydroxyl groups excluding tert-OH is 1. The molecule has 2 heterocycles. The van der Waals surface area contributed by atoms with Crippen LogP contribution in [0.4, 0.5) is 4.79 Å². The molecule has 0 radical (unpaired) electrons. The molecule has 0 aromatic heterocycles. The van der Waals surface area contributed by atoms with E-state index >= 15 is 0 Å². The van der Waals surface area contributed by atoms with E-state index in [1.165, 1.54) is 4.90 Å². The number of rotatable bonds is 2. The van der Waals surface area contributed by atoms with Gasteiger partial charge in [0, 0.05) is 13.1 Å². The second-order valence-electron chi connectivity index (χ2n) is 3.92. The third-order valence-corrected chi connectivity index (χ3v) is 2.75. The number of hydrogen-bond donors (Lipinski definition) is 2. The second kappa shape index (κ2) is 4.09. The average Bonchev–Trinajstić information content (AvgIpc) is 2.79. The number of aliphatic hydroxyl groups is 1. The van der Waals surface area contributed by atoms with Crippen LogP contribution in [0.3, 0.4) is 0 Å². The Kier molecular flexibility index (Phi) is 2.78. The summed E-state index contributed by atoms with van der Waals surface area (Å²) in [5.74, 6) is -0.694. The molecule has 2 saturated heterocycles. The molecule has 7 nitrogen and oxygen atoms in total. The number of likely N-dealkylation sites (tertiary alicyclic amines) is 1. The van der Waals surface area contributed by atoms with Gasteiger partial charge in [0.25, 0.3) is 5.91 Å². The first kappa shape index (κ1) is 10.9. The molecule has 0 spiro atoms. The predicted octanol–water partition coefficient (Wildman–Crippen LogP) is -1.87. The van der Waals surface area contributed by atoms with E-state index in [2.05, 4.69) is 5.32 Å². The van der Waals surface area contributed by atoms with Crippen molar-refractivity contribution in [1.82, 2.24) is 15.1 Å². The van der Waals surface area contributed by atoms with Crippen molar-refractivity contribution in [1.29, 1.82) is 0 Å². The number of carbonyl (C=O) groups excluding carboxylic acids is 3. The SMILES string of the molecule is O=C(CN1C(=O)CNC1=O)N1CC[C@@H](O)C1. The largest absolute Gasteiger partial charge is 0.391 e. The maximum atomic E-state index is 11.7. The molecule has 2 rings (SSSR count). The van der Waals surface area contributed by atoms with Gasteiger partial charge < -0.3 is 15.3 Å². The van der Waals surface area contributed by atoms with Crippen LogP contribution in [-0.4, -0.2) is 65.0 Å². The van der Waals surface area contributed by atoms with E-state index in [0.717, 1.165) is 4.90 Å². The Labute approximate surface area is 92.0 Å². The van der Waals surface area contributed by atoms with Crippen LogP contribution in [0.15, 0.2) is 0 Å². The number of carbonyl (C=O) groups is 3. The number of imide groups is 1. The number of nitrogens with zero attached hydrogens (tertiary/aromatic N) is 2. The van der Waals surface area contributed by atoms with Crippen molar-refractivity contribution in [3.05, 3.63) is 0 Å². The first-order valence-electron chi connectivity index (χ1n) is 5.12. The summed E-state index contributed by atoms with van der Waals surface area (Å²) in [6, 6.07) is -0.530. The Bertz CT molecular complexity index is 328. The molecule has 0 unspecified atom stereocenters. The van der Waals surface area contributed by atoms with Gasteiger partial charge >= 0.3 is 6.03 Å². The van der Waals surface area contributed by atoms with Gasteiger partial charge in [0.1, 0.15) is 6.54 Å². The van der Waals surface area contributed by atoms with Crippen LogP contribution in [-0.2, 0) is 9.59 Å². The third kappa shape index (κ3) is 1.99. The fourth-order valence-corrected chi connectivity index (χ4v) is 1.82. The van der Waals surface area contributed by atoms with Crippen LogP contribution in [0, 0.1) is 0 Å². The molecule has 16 heavy (non-hydrogen) atoms. The summed E-state index contributed by atoms with van der Waals surface area (Å²) < 4.78 is 0. The first-order valence-corrected chi connectivity index (χ1v) is 5.12. The van der Waals surface area contributed by atoms with Crippen molar-refractivity contribution in [2.24, 2.45) is 0 Å². The van der Waals surface area contributed by atoms with E-state index in [0.29, 0.717) is 13.0 Å². The smallest absolute Gasteiger partial charge is 0.325 e. The minimum atomic E-state index is -0.530. The Hall–Kier alpha value is -1.63. The molecule has 0 aliphatic carbocycles. The van der Waals surface area contributed by atoms with E-state index in [9.17, 15) is 19.5 Å². The molecule has 2 aliphatic rings. The predicted molar refractivity (Wildman–Crippen MR) is 52.3 cm³/mol. The minimum absolute atomic E-state index is 0.0469. The summed E-state index contributed by atoms with van der Waals surface area (Å²) in [6.45, 7) is 0.470. The molecule has 4 amide bonds. The zero-order chi connectivity index (χ0) is 11.7. The van der Waals surface area contributed by atoms with Crippen LogP contribution in [0.2, 0.25) is 0 Å². The minimum Gasteiger partial charge on any atom is -0.391 e. The summed E-state index contributed by atoms with van der Waals surface area (Å²) in [5.41, 5.74) is 0. The monoisotopic (exact) mass is 227 g/mol. The quantitative estimate of drug-likeness (QED) is 0.541. The summed E-state index contributed by atoms with van der Waals surface area (Å²) in [7, 11) is 0. The summed E-state index contributed by atoms with van der Waals surface area (Å²) in [6.07, 6.45) is 0.0540. The van der Waals surface area contributed by atoms with Gasteiger partial charge in [-0.3, -0.25) is 14.5 Å². The van der Waals surface area contributed by atoms with Crippen molar-refractivity contribution >= 4 is 17.8 Å². The molecule has 88 valence electrons. The van der Waals surface area contributed by atoms with Gasteiger partial charge in [-0.05, 0) is 6.42 Å². The maximum absolute atomic E-state index is 11.7. The van der Waals surface area contributed by atoms with Gasteiger partial charge in [0.15, 0.2) is 0 Å². The van der Waals surface area contributed by atoms with Gasteiger partial charge in [-0.25, -0.2) is 4.79 Å². The summed E-state index contributed by atoms with van der Waals surface area (Å²) in [5, 5.41) is 11.6. The molecule has 2 N–H and O–H groups in total. The highest BCUT2D eigenvalue weighted by molar-refractivity contribution is 6.04. The van der Waals surface area contributed by atoms with Gasteiger partial charge in [-0.1, -0.05) is 0 Å². The van der Waals surface area contributed by atoms with Crippen LogP contribution in [0.5, 0.6) is 0 Å². The van der Waals surface area contributed by atoms with E-state index in [1.54, 1.807) is 0 Å². The van der Waals surface area contributed by atoms with Crippen molar-refractivity contribution in [2.45, 2.75) is 12.5 Å². The van der Waals surface area contributed by atoms with E-state index in [1.807, 2.05) is 0 Å². The number of urea groups is 1. The number of nitrogens with one attached hydrogen (secondary N) is 1. The Morgan fingerprint density at radius 1 is 1.50 bits per heavy atom. The standard InChI is InChI=1S/C9H13N3O4/c13-6-1-2-11(4-6)8(15)5-12-7(14)3-10-9(12)16/h6,13H,1-5H2,(H,10,16)/t6-/m1/s1. The molecule has 7 heteroatoms. The van der Waals surface area contributed by atoms with Crippen molar-refractivity contribution in [2.75, 3.05) is 26.2 Å². The van der Waals surface area contributed by atoms with Crippen LogP contribution in [0.25, 0.3) is 0 Å². The van der Waals surface area contributed by atoms with E-state index < -0.39 is 18.0 Å². The average molecular weight is 227 g/mol. The fraction of sp³-hybridized carbons (Fsp3) is 0.667. The van der Waals surface area contributed by atoms with Gasteiger partial charge in [-0.15, -0.1) is 0 Å². The molecule has 1 atom stereocenters. The number of amides is 4. The highest BCUT2D eigenvalue weighted by atomic mass is 16.3. The number of β-amino-alcohol motifs (C(OH)–C–C–N with tert-alkyl or cyclic N) is 1. The zero-order valence-corrected chi connectivity index (χ0v) is 8.68. The molecule has 0 bridgehead atoms.